The number of sulfone groups is 1. The summed E-state index contributed by atoms with van der Waals surface area (Å²) in [7, 11) is -3.13. The first-order valence-electron chi connectivity index (χ1n) is 6.55. The van der Waals surface area contributed by atoms with Gasteiger partial charge in [-0.25, -0.2) is 8.42 Å². The average molecular weight is 286 g/mol. The largest absolute Gasteiger partial charge is 0.353 e. The predicted molar refractivity (Wildman–Crippen MR) is 75.6 cm³/mol. The van der Waals surface area contributed by atoms with E-state index in [0.29, 0.717) is 19.6 Å². The zero-order valence-electron chi connectivity index (χ0n) is 11.5. The SMILES string of the molecule is CCOC(CCS(=O)(=O)Cc1ccccc1)OCC. The summed E-state index contributed by atoms with van der Waals surface area (Å²) in [6.45, 7) is 4.77. The molecular formula is C14H22O4S. The van der Waals surface area contributed by atoms with Crippen molar-refractivity contribution in [1.29, 1.82) is 0 Å². The molecule has 1 aromatic carbocycles. The molecule has 0 aliphatic heterocycles. The molecule has 1 aromatic rings. The van der Waals surface area contributed by atoms with Crippen molar-refractivity contribution in [1.82, 2.24) is 0 Å². The highest BCUT2D eigenvalue weighted by Crippen LogP contribution is 2.10. The third-order valence-corrected chi connectivity index (χ3v) is 4.23. The number of benzene rings is 1. The number of ether oxygens (including phenoxy) is 2. The second-order valence-corrected chi connectivity index (χ2v) is 6.39. The summed E-state index contributed by atoms with van der Waals surface area (Å²) in [6, 6.07) is 9.19. The molecule has 0 amide bonds. The van der Waals surface area contributed by atoms with Crippen molar-refractivity contribution >= 4 is 9.84 Å². The van der Waals surface area contributed by atoms with Crippen LogP contribution in [0.1, 0.15) is 25.8 Å². The summed E-state index contributed by atoms with van der Waals surface area (Å²) in [4.78, 5) is 0. The third kappa shape index (κ3) is 6.71. The van der Waals surface area contributed by atoms with Crippen LogP contribution in [-0.2, 0) is 25.1 Å². The van der Waals surface area contributed by atoms with E-state index in [1.165, 1.54) is 0 Å². The van der Waals surface area contributed by atoms with Gasteiger partial charge in [0, 0.05) is 19.6 Å². The molecule has 19 heavy (non-hydrogen) atoms. The van der Waals surface area contributed by atoms with Crippen molar-refractivity contribution in [3.8, 4) is 0 Å². The van der Waals surface area contributed by atoms with E-state index in [2.05, 4.69) is 0 Å². The molecule has 0 aliphatic carbocycles. The molecule has 0 heterocycles. The Morgan fingerprint density at radius 2 is 1.63 bits per heavy atom. The van der Waals surface area contributed by atoms with Crippen LogP contribution >= 0.6 is 0 Å². The minimum Gasteiger partial charge on any atom is -0.353 e. The maximum Gasteiger partial charge on any atom is 0.158 e. The Morgan fingerprint density at radius 1 is 1.05 bits per heavy atom. The Bertz CT molecular complexity index is 436. The molecule has 0 spiro atoms. The third-order valence-electron chi connectivity index (χ3n) is 2.60. The van der Waals surface area contributed by atoms with Crippen LogP contribution in [0.5, 0.6) is 0 Å². The van der Waals surface area contributed by atoms with Crippen molar-refractivity contribution in [2.24, 2.45) is 0 Å². The van der Waals surface area contributed by atoms with Crippen molar-refractivity contribution in [3.63, 3.8) is 0 Å². The van der Waals surface area contributed by atoms with E-state index >= 15 is 0 Å². The molecule has 1 rings (SSSR count). The summed E-state index contributed by atoms with van der Waals surface area (Å²) in [6.07, 6.45) is -0.0582. The highest BCUT2D eigenvalue weighted by Gasteiger charge is 2.16. The predicted octanol–water partition coefficient (Wildman–Crippen LogP) is 2.39. The highest BCUT2D eigenvalue weighted by atomic mass is 32.2. The molecule has 5 heteroatoms. The second kappa shape index (κ2) is 8.30. The molecule has 0 fully saturated rings. The summed E-state index contributed by atoms with van der Waals surface area (Å²) in [5, 5.41) is 0. The number of hydrogen-bond acceptors (Lipinski definition) is 4. The molecule has 0 atom stereocenters. The van der Waals surface area contributed by atoms with E-state index < -0.39 is 16.1 Å². The first-order valence-corrected chi connectivity index (χ1v) is 8.37. The highest BCUT2D eigenvalue weighted by molar-refractivity contribution is 7.90. The molecular weight excluding hydrogens is 264 g/mol. The lowest BCUT2D eigenvalue weighted by Gasteiger charge is -2.16. The smallest absolute Gasteiger partial charge is 0.158 e. The molecule has 0 radical (unpaired) electrons. The Kier molecular flexibility index (Phi) is 7.05. The van der Waals surface area contributed by atoms with Gasteiger partial charge in [0.25, 0.3) is 0 Å². The second-order valence-electron chi connectivity index (χ2n) is 4.21. The molecule has 108 valence electrons. The van der Waals surface area contributed by atoms with E-state index in [4.69, 9.17) is 9.47 Å². The monoisotopic (exact) mass is 286 g/mol. The maximum atomic E-state index is 12.0. The molecule has 0 aliphatic rings. The van der Waals surface area contributed by atoms with Crippen molar-refractivity contribution in [2.75, 3.05) is 19.0 Å². The Hall–Kier alpha value is -0.910. The van der Waals surface area contributed by atoms with E-state index in [1.54, 1.807) is 0 Å². The van der Waals surface area contributed by atoms with Gasteiger partial charge in [-0.3, -0.25) is 0 Å². The van der Waals surface area contributed by atoms with Gasteiger partial charge >= 0.3 is 0 Å². The van der Waals surface area contributed by atoms with Gasteiger partial charge < -0.3 is 9.47 Å². The van der Waals surface area contributed by atoms with Crippen LogP contribution in [0.25, 0.3) is 0 Å². The Morgan fingerprint density at radius 3 is 2.16 bits per heavy atom. The lowest BCUT2D eigenvalue weighted by molar-refractivity contribution is -0.136. The normalized spacial score (nSPS) is 11.9. The summed E-state index contributed by atoms with van der Waals surface area (Å²) in [5.41, 5.74) is 0.812. The molecule has 0 aromatic heterocycles. The van der Waals surface area contributed by atoms with Gasteiger partial charge in [-0.05, 0) is 19.4 Å². The Labute approximate surface area is 115 Å². The van der Waals surface area contributed by atoms with Crippen molar-refractivity contribution in [2.45, 2.75) is 32.3 Å². The van der Waals surface area contributed by atoms with Gasteiger partial charge in [0.2, 0.25) is 0 Å². The summed E-state index contributed by atoms with van der Waals surface area (Å²) in [5.74, 6) is 0.144. The fraction of sp³-hybridized carbons (Fsp3) is 0.571. The zero-order valence-corrected chi connectivity index (χ0v) is 12.4. The van der Waals surface area contributed by atoms with Crippen LogP contribution in [0.15, 0.2) is 30.3 Å². The van der Waals surface area contributed by atoms with Crippen LogP contribution in [0.2, 0.25) is 0 Å². The van der Waals surface area contributed by atoms with Gasteiger partial charge in [-0.1, -0.05) is 30.3 Å². The van der Waals surface area contributed by atoms with Gasteiger partial charge in [0.05, 0.1) is 11.5 Å². The fourth-order valence-corrected chi connectivity index (χ4v) is 3.16. The van der Waals surface area contributed by atoms with Crippen LogP contribution in [0, 0.1) is 0 Å². The molecule has 4 nitrogen and oxygen atoms in total. The maximum absolute atomic E-state index is 12.0. The standard InChI is InChI=1S/C14H22O4S/c1-3-17-14(18-4-2)10-11-19(15,16)12-13-8-6-5-7-9-13/h5-9,14H,3-4,10-12H2,1-2H3. The number of hydrogen-bond donors (Lipinski definition) is 0. The molecule has 0 saturated heterocycles. The molecule has 0 saturated carbocycles. The van der Waals surface area contributed by atoms with Gasteiger partial charge in [-0.15, -0.1) is 0 Å². The first kappa shape index (κ1) is 16.1. The lowest BCUT2D eigenvalue weighted by atomic mass is 10.2. The van der Waals surface area contributed by atoms with Crippen molar-refractivity contribution < 1.29 is 17.9 Å². The fourth-order valence-electron chi connectivity index (χ4n) is 1.76. The topological polar surface area (TPSA) is 52.6 Å². The average Bonchev–Trinajstić information content (AvgIpc) is 2.37. The van der Waals surface area contributed by atoms with E-state index in [0.717, 1.165) is 5.56 Å². The minimum absolute atomic E-state index is 0.0683. The van der Waals surface area contributed by atoms with E-state index in [1.807, 2.05) is 44.2 Å². The minimum atomic E-state index is -3.13. The quantitative estimate of drug-likeness (QED) is 0.654. The number of rotatable bonds is 9. The first-order chi connectivity index (χ1) is 9.07. The van der Waals surface area contributed by atoms with Crippen molar-refractivity contribution in [3.05, 3.63) is 35.9 Å². The van der Waals surface area contributed by atoms with E-state index in [-0.39, 0.29) is 11.5 Å². The van der Waals surface area contributed by atoms with E-state index in [9.17, 15) is 8.42 Å². The van der Waals surface area contributed by atoms with Crippen LogP contribution in [-0.4, -0.2) is 33.7 Å². The van der Waals surface area contributed by atoms with Crippen LogP contribution < -0.4 is 0 Å². The van der Waals surface area contributed by atoms with Crippen LogP contribution in [0.3, 0.4) is 0 Å². The summed E-state index contributed by atoms with van der Waals surface area (Å²) < 4.78 is 34.7. The zero-order chi connectivity index (χ0) is 14.1. The van der Waals surface area contributed by atoms with Gasteiger partial charge in [-0.2, -0.15) is 0 Å². The Balaban J connectivity index is 2.50. The summed E-state index contributed by atoms with van der Waals surface area (Å²) >= 11 is 0. The molecule has 0 bridgehead atoms. The van der Waals surface area contributed by atoms with Gasteiger partial charge in [0.15, 0.2) is 16.1 Å². The molecule has 0 N–H and O–H groups in total. The van der Waals surface area contributed by atoms with Gasteiger partial charge in [0.1, 0.15) is 0 Å². The molecule has 0 unspecified atom stereocenters. The lowest BCUT2D eigenvalue weighted by Crippen LogP contribution is -2.22. The van der Waals surface area contributed by atoms with Crippen LogP contribution in [0.4, 0.5) is 0 Å².